The van der Waals surface area contributed by atoms with Crippen molar-refractivity contribution < 1.29 is 18.6 Å². The molecule has 4 aromatic rings. The van der Waals surface area contributed by atoms with Gasteiger partial charge in [0.25, 0.3) is 0 Å². The zero-order chi connectivity index (χ0) is 28.2. The first kappa shape index (κ1) is 25.9. The number of pyridine rings is 1. The van der Waals surface area contributed by atoms with Crippen LogP contribution in [0.4, 0.5) is 14.6 Å². The van der Waals surface area contributed by atoms with E-state index in [9.17, 15) is 9.50 Å². The van der Waals surface area contributed by atoms with Gasteiger partial charge < -0.3 is 25.0 Å². The standard InChI is InChI=1S/C31H30F2N6O2/c1-3-22-25(32)9-6-17-11-21(40)12-23(26(17)22)28-27(33)29-24(13-34-28)30(39-14-18-7-8-19(15-39)35-18)37-31(36-29)41-16-20-5-4-10-38(20)2/h1,6,9,11-13,18-20,35,40H,4-5,7-8,10,14-16H2,2H3. The van der Waals surface area contributed by atoms with E-state index in [2.05, 4.69) is 38.1 Å². The summed E-state index contributed by atoms with van der Waals surface area (Å²) in [4.78, 5) is 18.2. The maximum absolute atomic E-state index is 16.6. The molecule has 3 unspecified atom stereocenters. The van der Waals surface area contributed by atoms with Crippen LogP contribution in [0.3, 0.4) is 0 Å². The molecular formula is C31H30F2N6O2. The van der Waals surface area contributed by atoms with Gasteiger partial charge in [-0.1, -0.05) is 12.0 Å². The summed E-state index contributed by atoms with van der Waals surface area (Å²) in [7, 11) is 2.06. The number of anilines is 1. The van der Waals surface area contributed by atoms with Crippen molar-refractivity contribution in [2.75, 3.05) is 38.2 Å². The maximum Gasteiger partial charge on any atom is 0.319 e. The molecule has 0 aliphatic carbocycles. The highest BCUT2D eigenvalue weighted by molar-refractivity contribution is 6.03. The Labute approximate surface area is 236 Å². The van der Waals surface area contributed by atoms with Crippen molar-refractivity contribution in [3.63, 3.8) is 0 Å². The normalized spacial score (nSPS) is 22.5. The summed E-state index contributed by atoms with van der Waals surface area (Å²) in [6, 6.07) is 6.56. The topological polar surface area (TPSA) is 86.6 Å². The monoisotopic (exact) mass is 556 g/mol. The third-order valence-corrected chi connectivity index (χ3v) is 8.69. The van der Waals surface area contributed by atoms with Gasteiger partial charge in [-0.3, -0.25) is 4.98 Å². The zero-order valence-corrected chi connectivity index (χ0v) is 22.7. The summed E-state index contributed by atoms with van der Waals surface area (Å²) in [5.41, 5.74) is 0.119. The van der Waals surface area contributed by atoms with Gasteiger partial charge in [0.15, 0.2) is 5.82 Å². The molecule has 2 aromatic carbocycles. The van der Waals surface area contributed by atoms with E-state index < -0.39 is 11.6 Å². The second-order valence-electron chi connectivity index (χ2n) is 11.3. The third-order valence-electron chi connectivity index (χ3n) is 8.69. The van der Waals surface area contributed by atoms with Crippen LogP contribution in [-0.2, 0) is 0 Å². The number of likely N-dealkylation sites (N-methyl/N-ethyl adjacent to an activating group) is 1. The van der Waals surface area contributed by atoms with Crippen molar-refractivity contribution in [2.24, 2.45) is 0 Å². The second-order valence-corrected chi connectivity index (χ2v) is 11.3. The smallest absolute Gasteiger partial charge is 0.319 e. The van der Waals surface area contributed by atoms with Gasteiger partial charge in [0, 0.05) is 48.4 Å². The Morgan fingerprint density at radius 1 is 1.15 bits per heavy atom. The van der Waals surface area contributed by atoms with E-state index in [0.29, 0.717) is 40.7 Å². The third kappa shape index (κ3) is 4.49. The molecule has 2 aromatic heterocycles. The number of fused-ring (bicyclic) bond motifs is 4. The number of piperazine rings is 1. The maximum atomic E-state index is 16.6. The SMILES string of the molecule is C#Cc1c(F)ccc2cc(O)cc(-c3ncc4c(N5CC6CCC(C5)N6)nc(OCC5CCCN5C)nc4c3F)c12. The van der Waals surface area contributed by atoms with Crippen molar-refractivity contribution in [1.82, 2.24) is 25.2 Å². The van der Waals surface area contributed by atoms with E-state index in [1.807, 2.05) is 0 Å². The van der Waals surface area contributed by atoms with Gasteiger partial charge in [0.05, 0.1) is 10.9 Å². The average molecular weight is 557 g/mol. The fourth-order valence-electron chi connectivity index (χ4n) is 6.60. The summed E-state index contributed by atoms with van der Waals surface area (Å²) in [5.74, 6) is 1.51. The number of hydrogen-bond donors (Lipinski definition) is 2. The molecule has 2 N–H and O–H groups in total. The number of phenolic OH excluding ortho intramolecular Hbond substituents is 1. The molecule has 0 spiro atoms. The van der Waals surface area contributed by atoms with E-state index in [1.54, 1.807) is 6.20 Å². The van der Waals surface area contributed by atoms with Gasteiger partial charge in [-0.05, 0) is 62.9 Å². The molecule has 41 heavy (non-hydrogen) atoms. The molecule has 3 fully saturated rings. The van der Waals surface area contributed by atoms with Crippen LogP contribution in [0.25, 0.3) is 32.9 Å². The van der Waals surface area contributed by atoms with Crippen molar-refractivity contribution in [1.29, 1.82) is 0 Å². The van der Waals surface area contributed by atoms with Crippen molar-refractivity contribution in [3.05, 3.63) is 47.7 Å². The minimum absolute atomic E-state index is 0.0248. The van der Waals surface area contributed by atoms with Gasteiger partial charge in [0.1, 0.15) is 35.2 Å². The first-order valence-corrected chi connectivity index (χ1v) is 14.0. The fourth-order valence-corrected chi connectivity index (χ4v) is 6.60. The molecule has 5 heterocycles. The Morgan fingerprint density at radius 2 is 1.95 bits per heavy atom. The summed E-state index contributed by atoms with van der Waals surface area (Å²) < 4.78 is 37.4. The van der Waals surface area contributed by atoms with Crippen LogP contribution >= 0.6 is 0 Å². The molecule has 3 aliphatic heterocycles. The molecular weight excluding hydrogens is 526 g/mol. The number of aromatic nitrogens is 3. The lowest BCUT2D eigenvalue weighted by Crippen LogP contribution is -2.51. The molecule has 8 nitrogen and oxygen atoms in total. The summed E-state index contributed by atoms with van der Waals surface area (Å²) in [5, 5.41) is 15.3. The van der Waals surface area contributed by atoms with Crippen molar-refractivity contribution >= 4 is 27.5 Å². The summed E-state index contributed by atoms with van der Waals surface area (Å²) >= 11 is 0. The highest BCUT2D eigenvalue weighted by Crippen LogP contribution is 2.39. The second kappa shape index (κ2) is 10.1. The minimum Gasteiger partial charge on any atom is -0.508 e. The number of phenols is 1. The number of rotatable bonds is 5. The lowest BCUT2D eigenvalue weighted by atomic mass is 9.96. The van der Waals surface area contributed by atoms with Crippen LogP contribution < -0.4 is 15.0 Å². The Kier molecular flexibility index (Phi) is 6.36. The van der Waals surface area contributed by atoms with Crippen LogP contribution in [0.15, 0.2) is 30.5 Å². The molecule has 210 valence electrons. The van der Waals surface area contributed by atoms with E-state index >= 15 is 4.39 Å². The van der Waals surface area contributed by atoms with Crippen molar-refractivity contribution in [3.8, 4) is 35.4 Å². The van der Waals surface area contributed by atoms with Crippen LogP contribution in [0.1, 0.15) is 31.2 Å². The number of ether oxygens (including phenoxy) is 1. The summed E-state index contributed by atoms with van der Waals surface area (Å²) in [6.45, 7) is 2.87. The molecule has 2 bridgehead atoms. The van der Waals surface area contributed by atoms with Gasteiger partial charge in [-0.2, -0.15) is 9.97 Å². The van der Waals surface area contributed by atoms with Gasteiger partial charge in [-0.15, -0.1) is 6.42 Å². The number of nitrogens with one attached hydrogen (secondary N) is 1. The largest absolute Gasteiger partial charge is 0.508 e. The quantitative estimate of drug-likeness (QED) is 0.354. The first-order chi connectivity index (χ1) is 19.9. The van der Waals surface area contributed by atoms with Crippen LogP contribution in [0, 0.1) is 24.0 Å². The molecule has 10 heteroatoms. The Hall–Kier alpha value is -4.07. The number of likely N-dealkylation sites (tertiary alicyclic amines) is 1. The van der Waals surface area contributed by atoms with E-state index in [4.69, 9.17) is 16.1 Å². The predicted molar refractivity (Wildman–Crippen MR) is 153 cm³/mol. The highest BCUT2D eigenvalue weighted by Gasteiger charge is 2.34. The molecule has 0 radical (unpaired) electrons. The number of benzene rings is 2. The molecule has 3 atom stereocenters. The molecule has 3 aliphatic rings. The Bertz CT molecular complexity index is 1710. The first-order valence-electron chi connectivity index (χ1n) is 14.0. The number of terminal acetylenes is 1. The Morgan fingerprint density at radius 3 is 2.68 bits per heavy atom. The van der Waals surface area contributed by atoms with E-state index in [1.165, 1.54) is 24.3 Å². The van der Waals surface area contributed by atoms with E-state index in [-0.39, 0.29) is 40.1 Å². The van der Waals surface area contributed by atoms with Crippen LogP contribution in [0.2, 0.25) is 0 Å². The molecule has 3 saturated heterocycles. The Balaban J connectivity index is 1.39. The van der Waals surface area contributed by atoms with Gasteiger partial charge in [0.2, 0.25) is 0 Å². The number of nitrogens with zero attached hydrogens (tertiary/aromatic N) is 5. The molecule has 7 rings (SSSR count). The van der Waals surface area contributed by atoms with Gasteiger partial charge in [-0.25, -0.2) is 8.78 Å². The summed E-state index contributed by atoms with van der Waals surface area (Å²) in [6.07, 6.45) is 11.5. The minimum atomic E-state index is -0.716. The lowest BCUT2D eigenvalue weighted by Gasteiger charge is -2.34. The zero-order valence-electron chi connectivity index (χ0n) is 22.7. The predicted octanol–water partition coefficient (Wildman–Crippen LogP) is 4.22. The van der Waals surface area contributed by atoms with Crippen LogP contribution in [0.5, 0.6) is 11.8 Å². The molecule has 0 saturated carbocycles. The average Bonchev–Trinajstić information content (AvgIpc) is 3.54. The van der Waals surface area contributed by atoms with Crippen molar-refractivity contribution in [2.45, 2.75) is 43.8 Å². The highest BCUT2D eigenvalue weighted by atomic mass is 19.1. The fraction of sp³-hybridized carbons (Fsp3) is 0.387. The number of hydrogen-bond acceptors (Lipinski definition) is 8. The van der Waals surface area contributed by atoms with Crippen LogP contribution in [-0.4, -0.2) is 76.4 Å². The molecule has 0 amide bonds. The lowest BCUT2D eigenvalue weighted by molar-refractivity contribution is 0.188. The van der Waals surface area contributed by atoms with Gasteiger partial charge >= 0.3 is 6.01 Å². The number of aromatic hydroxyl groups is 1. The van der Waals surface area contributed by atoms with E-state index in [0.717, 1.165) is 45.3 Å². The number of halogens is 2.